The van der Waals surface area contributed by atoms with E-state index in [9.17, 15) is 0 Å². The Labute approximate surface area is 104 Å². The van der Waals surface area contributed by atoms with E-state index in [1.54, 1.807) is 0 Å². The van der Waals surface area contributed by atoms with Gasteiger partial charge in [-0.1, -0.05) is 50.2 Å². The van der Waals surface area contributed by atoms with Crippen LogP contribution in [-0.4, -0.2) is 0 Å². The van der Waals surface area contributed by atoms with Gasteiger partial charge in [0, 0.05) is 6.04 Å². The lowest BCUT2D eigenvalue weighted by atomic mass is 9.90. The topological polar surface area (TPSA) is 26.0 Å². The van der Waals surface area contributed by atoms with Crippen molar-refractivity contribution in [3.8, 4) is 0 Å². The van der Waals surface area contributed by atoms with E-state index >= 15 is 0 Å². The second-order valence-corrected chi connectivity index (χ2v) is 5.25. The number of benzene rings is 2. The van der Waals surface area contributed by atoms with Crippen LogP contribution in [-0.2, 0) is 0 Å². The van der Waals surface area contributed by atoms with Crippen LogP contribution in [0.3, 0.4) is 0 Å². The summed E-state index contributed by atoms with van der Waals surface area (Å²) in [5, 5.41) is 2.59. The van der Waals surface area contributed by atoms with Crippen molar-refractivity contribution in [3.63, 3.8) is 0 Å². The number of rotatable bonds is 3. The lowest BCUT2D eigenvalue weighted by Crippen LogP contribution is -2.14. The predicted molar refractivity (Wildman–Crippen MR) is 75.1 cm³/mol. The molecule has 0 aromatic heterocycles. The standard InChI is InChI=1S/C16H21N/c1-11(2)10-15(17)16-12(3)8-9-13-6-4-5-7-14(13)16/h4-9,11,15H,10,17H2,1-3H3. The fourth-order valence-corrected chi connectivity index (χ4v) is 2.52. The van der Waals surface area contributed by atoms with E-state index in [0.29, 0.717) is 5.92 Å². The second-order valence-electron chi connectivity index (χ2n) is 5.25. The monoisotopic (exact) mass is 227 g/mol. The maximum atomic E-state index is 6.36. The molecule has 2 aromatic rings. The van der Waals surface area contributed by atoms with E-state index in [-0.39, 0.29) is 6.04 Å². The van der Waals surface area contributed by atoms with E-state index in [2.05, 4.69) is 57.2 Å². The highest BCUT2D eigenvalue weighted by Gasteiger charge is 2.13. The van der Waals surface area contributed by atoms with E-state index in [0.717, 1.165) is 6.42 Å². The molecule has 0 amide bonds. The summed E-state index contributed by atoms with van der Waals surface area (Å²) < 4.78 is 0. The Balaban J connectivity index is 2.54. The van der Waals surface area contributed by atoms with E-state index in [1.807, 2.05) is 0 Å². The minimum atomic E-state index is 0.140. The van der Waals surface area contributed by atoms with Crippen molar-refractivity contribution in [2.24, 2.45) is 11.7 Å². The average Bonchev–Trinajstić information content (AvgIpc) is 2.27. The first-order chi connectivity index (χ1) is 8.09. The Morgan fingerprint density at radius 1 is 1.06 bits per heavy atom. The van der Waals surface area contributed by atoms with Crippen LogP contribution in [0.1, 0.15) is 37.4 Å². The molecule has 0 saturated carbocycles. The minimum absolute atomic E-state index is 0.140. The van der Waals surface area contributed by atoms with Crippen molar-refractivity contribution in [2.75, 3.05) is 0 Å². The second kappa shape index (κ2) is 4.89. The summed E-state index contributed by atoms with van der Waals surface area (Å²) in [6.07, 6.45) is 1.04. The van der Waals surface area contributed by atoms with Gasteiger partial charge >= 0.3 is 0 Å². The molecule has 2 aromatic carbocycles. The van der Waals surface area contributed by atoms with Crippen LogP contribution >= 0.6 is 0 Å². The maximum Gasteiger partial charge on any atom is 0.0306 e. The molecular formula is C16H21N. The van der Waals surface area contributed by atoms with Crippen molar-refractivity contribution in [1.29, 1.82) is 0 Å². The van der Waals surface area contributed by atoms with Gasteiger partial charge in [0.15, 0.2) is 0 Å². The SMILES string of the molecule is Cc1ccc2ccccc2c1C(N)CC(C)C. The summed E-state index contributed by atoms with van der Waals surface area (Å²) >= 11 is 0. The zero-order chi connectivity index (χ0) is 12.4. The highest BCUT2D eigenvalue weighted by molar-refractivity contribution is 5.87. The van der Waals surface area contributed by atoms with Gasteiger partial charge in [-0.15, -0.1) is 0 Å². The van der Waals surface area contributed by atoms with Crippen LogP contribution in [0.15, 0.2) is 36.4 Å². The van der Waals surface area contributed by atoms with Gasteiger partial charge in [0.2, 0.25) is 0 Å². The quantitative estimate of drug-likeness (QED) is 0.835. The van der Waals surface area contributed by atoms with Crippen molar-refractivity contribution in [2.45, 2.75) is 33.2 Å². The van der Waals surface area contributed by atoms with Gasteiger partial charge in [-0.2, -0.15) is 0 Å². The largest absolute Gasteiger partial charge is 0.324 e. The number of aryl methyl sites for hydroxylation is 1. The molecule has 0 aliphatic heterocycles. The number of fused-ring (bicyclic) bond motifs is 1. The summed E-state index contributed by atoms with van der Waals surface area (Å²) in [4.78, 5) is 0. The predicted octanol–water partition coefficient (Wildman–Crippen LogP) is 4.19. The Kier molecular flexibility index (Phi) is 3.49. The summed E-state index contributed by atoms with van der Waals surface area (Å²) in [5.41, 5.74) is 8.98. The van der Waals surface area contributed by atoms with Crippen LogP contribution < -0.4 is 5.73 Å². The summed E-state index contributed by atoms with van der Waals surface area (Å²) in [6, 6.07) is 13.0. The third kappa shape index (κ3) is 2.50. The first-order valence-electron chi connectivity index (χ1n) is 6.33. The number of hydrogen-bond donors (Lipinski definition) is 1. The molecule has 2 rings (SSSR count). The molecule has 17 heavy (non-hydrogen) atoms. The molecule has 0 aliphatic carbocycles. The molecule has 0 aliphatic rings. The van der Waals surface area contributed by atoms with Gasteiger partial charge in [0.05, 0.1) is 0 Å². The molecule has 0 fully saturated rings. The number of nitrogens with two attached hydrogens (primary N) is 1. The molecule has 1 atom stereocenters. The zero-order valence-electron chi connectivity index (χ0n) is 10.9. The Morgan fingerprint density at radius 3 is 2.47 bits per heavy atom. The van der Waals surface area contributed by atoms with Crippen LogP contribution in [0.5, 0.6) is 0 Å². The molecule has 0 saturated heterocycles. The first-order valence-corrected chi connectivity index (χ1v) is 6.33. The third-order valence-corrected chi connectivity index (χ3v) is 3.28. The van der Waals surface area contributed by atoms with E-state index in [1.165, 1.54) is 21.9 Å². The van der Waals surface area contributed by atoms with Crippen LogP contribution in [0.2, 0.25) is 0 Å². The molecule has 0 radical (unpaired) electrons. The normalized spacial score (nSPS) is 13.2. The molecule has 0 spiro atoms. The summed E-state index contributed by atoms with van der Waals surface area (Å²) in [5.74, 6) is 0.628. The third-order valence-electron chi connectivity index (χ3n) is 3.28. The fourth-order valence-electron chi connectivity index (χ4n) is 2.52. The van der Waals surface area contributed by atoms with E-state index < -0.39 is 0 Å². The summed E-state index contributed by atoms with van der Waals surface area (Å²) in [7, 11) is 0. The van der Waals surface area contributed by atoms with Gasteiger partial charge < -0.3 is 5.73 Å². The molecular weight excluding hydrogens is 206 g/mol. The molecule has 0 bridgehead atoms. The first kappa shape index (κ1) is 12.1. The van der Waals surface area contributed by atoms with Gasteiger partial charge in [-0.25, -0.2) is 0 Å². The van der Waals surface area contributed by atoms with Crippen LogP contribution in [0, 0.1) is 12.8 Å². The molecule has 0 heterocycles. The van der Waals surface area contributed by atoms with Gasteiger partial charge in [0.25, 0.3) is 0 Å². The zero-order valence-corrected chi connectivity index (χ0v) is 10.9. The molecule has 1 heteroatoms. The lowest BCUT2D eigenvalue weighted by molar-refractivity contribution is 0.511. The molecule has 1 unspecified atom stereocenters. The molecule has 2 N–H and O–H groups in total. The van der Waals surface area contributed by atoms with Crippen LogP contribution in [0.4, 0.5) is 0 Å². The van der Waals surface area contributed by atoms with E-state index in [4.69, 9.17) is 5.73 Å². The van der Waals surface area contributed by atoms with Crippen molar-refractivity contribution >= 4 is 10.8 Å². The van der Waals surface area contributed by atoms with Gasteiger partial charge in [-0.05, 0) is 41.2 Å². The van der Waals surface area contributed by atoms with Crippen LogP contribution in [0.25, 0.3) is 10.8 Å². The lowest BCUT2D eigenvalue weighted by Gasteiger charge is -2.19. The Morgan fingerprint density at radius 2 is 1.76 bits per heavy atom. The Bertz CT molecular complexity index is 514. The fraction of sp³-hybridized carbons (Fsp3) is 0.375. The maximum absolute atomic E-state index is 6.36. The summed E-state index contributed by atoms with van der Waals surface area (Å²) in [6.45, 7) is 6.60. The highest BCUT2D eigenvalue weighted by Crippen LogP contribution is 2.29. The average molecular weight is 227 g/mol. The molecule has 1 nitrogen and oxygen atoms in total. The van der Waals surface area contributed by atoms with Crippen molar-refractivity contribution in [3.05, 3.63) is 47.5 Å². The number of hydrogen-bond acceptors (Lipinski definition) is 1. The molecule has 90 valence electrons. The Hall–Kier alpha value is -1.34. The highest BCUT2D eigenvalue weighted by atomic mass is 14.6. The van der Waals surface area contributed by atoms with Gasteiger partial charge in [0.1, 0.15) is 0 Å². The minimum Gasteiger partial charge on any atom is -0.324 e. The van der Waals surface area contributed by atoms with Crippen molar-refractivity contribution < 1.29 is 0 Å². The van der Waals surface area contributed by atoms with Gasteiger partial charge in [-0.3, -0.25) is 0 Å². The smallest absolute Gasteiger partial charge is 0.0306 e. The van der Waals surface area contributed by atoms with Crippen molar-refractivity contribution in [1.82, 2.24) is 0 Å².